The highest BCUT2D eigenvalue weighted by atomic mass is 16.7. The molecular formula is C7H11NO3. The number of hydrogen-bond donors (Lipinski definition) is 1. The maximum Gasteiger partial charge on any atom is 0.266 e. The molecule has 0 unspecified atom stereocenters. The molecule has 0 aliphatic carbocycles. The highest BCUT2D eigenvalue weighted by Gasteiger charge is 1.98. The van der Waals surface area contributed by atoms with Crippen molar-refractivity contribution < 1.29 is 14.4 Å². The molecule has 1 N–H and O–H groups in total. The summed E-state index contributed by atoms with van der Waals surface area (Å²) >= 11 is 0. The van der Waals surface area contributed by atoms with Crippen molar-refractivity contribution in [3.8, 4) is 0 Å². The number of amides is 1. The van der Waals surface area contributed by atoms with Crippen molar-refractivity contribution in [1.82, 2.24) is 5.48 Å². The van der Waals surface area contributed by atoms with Gasteiger partial charge in [0, 0.05) is 6.42 Å². The van der Waals surface area contributed by atoms with Crippen LogP contribution in [0.5, 0.6) is 0 Å². The summed E-state index contributed by atoms with van der Waals surface area (Å²) in [6.45, 7) is 4.84. The predicted octanol–water partition coefficient (Wildman–Crippen LogP) is 0.199. The standard InChI is InChI=1S/C7H11NO3/c1-3-6(9)5-11-8-7(10)4-2/h4H,2-3,5H2,1H3,(H,8,10). The Bertz CT molecular complexity index is 165. The predicted molar refractivity (Wildman–Crippen MR) is 39.6 cm³/mol. The number of ketones is 1. The Hall–Kier alpha value is -1.16. The fraction of sp³-hybridized carbons (Fsp3) is 0.429. The second-order valence-electron chi connectivity index (χ2n) is 1.85. The average molecular weight is 157 g/mol. The quantitative estimate of drug-likeness (QED) is 0.458. The third-order valence-corrected chi connectivity index (χ3v) is 0.986. The minimum atomic E-state index is -0.450. The van der Waals surface area contributed by atoms with Crippen LogP contribution in [0.4, 0.5) is 0 Å². The summed E-state index contributed by atoms with van der Waals surface area (Å²) in [5.41, 5.74) is 2.02. The Labute approximate surface area is 65.2 Å². The fourth-order valence-electron chi connectivity index (χ4n) is 0.331. The van der Waals surface area contributed by atoms with Gasteiger partial charge in [-0.1, -0.05) is 13.5 Å². The first kappa shape index (κ1) is 9.84. The number of nitrogens with one attached hydrogen (secondary N) is 1. The van der Waals surface area contributed by atoms with Crippen LogP contribution in [0.1, 0.15) is 13.3 Å². The molecular weight excluding hydrogens is 146 g/mol. The lowest BCUT2D eigenvalue weighted by Gasteiger charge is -1.99. The van der Waals surface area contributed by atoms with E-state index in [9.17, 15) is 9.59 Å². The van der Waals surface area contributed by atoms with Crippen LogP contribution in [-0.4, -0.2) is 18.3 Å². The molecule has 0 spiro atoms. The van der Waals surface area contributed by atoms with Crippen molar-refractivity contribution in [1.29, 1.82) is 0 Å². The molecule has 0 radical (unpaired) electrons. The third kappa shape index (κ3) is 5.29. The van der Waals surface area contributed by atoms with E-state index in [0.29, 0.717) is 6.42 Å². The van der Waals surface area contributed by atoms with Gasteiger partial charge in [-0.2, -0.15) is 0 Å². The summed E-state index contributed by atoms with van der Waals surface area (Å²) < 4.78 is 0. The molecule has 0 aliphatic rings. The second-order valence-corrected chi connectivity index (χ2v) is 1.85. The number of Topliss-reactive ketones (excluding diaryl/α,β-unsaturated/α-hetero) is 1. The largest absolute Gasteiger partial charge is 0.297 e. The molecule has 0 saturated heterocycles. The van der Waals surface area contributed by atoms with Crippen LogP contribution in [0.2, 0.25) is 0 Å². The number of hydroxylamine groups is 1. The second kappa shape index (κ2) is 5.61. The fourth-order valence-corrected chi connectivity index (χ4v) is 0.331. The van der Waals surface area contributed by atoms with Gasteiger partial charge < -0.3 is 0 Å². The molecule has 0 heterocycles. The maximum atomic E-state index is 10.6. The number of carbonyl (C=O) groups excluding carboxylic acids is 2. The molecule has 0 aliphatic heterocycles. The van der Waals surface area contributed by atoms with E-state index < -0.39 is 5.91 Å². The first-order valence-electron chi connectivity index (χ1n) is 3.26. The molecule has 0 bridgehead atoms. The Balaban J connectivity index is 3.34. The van der Waals surface area contributed by atoms with Gasteiger partial charge >= 0.3 is 0 Å². The van der Waals surface area contributed by atoms with Gasteiger partial charge in [0.2, 0.25) is 0 Å². The zero-order valence-electron chi connectivity index (χ0n) is 6.42. The third-order valence-electron chi connectivity index (χ3n) is 0.986. The van der Waals surface area contributed by atoms with Gasteiger partial charge in [-0.25, -0.2) is 5.48 Å². The summed E-state index contributed by atoms with van der Waals surface area (Å²) in [4.78, 5) is 25.5. The molecule has 0 atom stereocenters. The molecule has 0 aromatic carbocycles. The van der Waals surface area contributed by atoms with Crippen molar-refractivity contribution in [2.24, 2.45) is 0 Å². The first-order valence-corrected chi connectivity index (χ1v) is 3.26. The average Bonchev–Trinajstić information content (AvgIpc) is 2.04. The molecule has 1 amide bonds. The van der Waals surface area contributed by atoms with Crippen molar-refractivity contribution in [2.75, 3.05) is 6.61 Å². The smallest absolute Gasteiger partial charge is 0.266 e. The van der Waals surface area contributed by atoms with Crippen molar-refractivity contribution >= 4 is 11.7 Å². The molecule has 11 heavy (non-hydrogen) atoms. The SMILES string of the molecule is C=CC(=O)NOCC(=O)CC. The monoisotopic (exact) mass is 157 g/mol. The van der Waals surface area contributed by atoms with E-state index in [0.717, 1.165) is 6.08 Å². The normalized spacial score (nSPS) is 8.82. The number of carbonyl (C=O) groups is 2. The van der Waals surface area contributed by atoms with E-state index in [-0.39, 0.29) is 12.4 Å². The Kier molecular flexibility index (Phi) is 5.02. The maximum absolute atomic E-state index is 10.6. The minimum absolute atomic E-state index is 0.0608. The number of hydrogen-bond acceptors (Lipinski definition) is 3. The van der Waals surface area contributed by atoms with Crippen LogP contribution < -0.4 is 5.48 Å². The number of rotatable bonds is 5. The van der Waals surface area contributed by atoms with Gasteiger partial charge in [0.1, 0.15) is 6.61 Å². The Morgan fingerprint density at radius 1 is 1.64 bits per heavy atom. The molecule has 0 aromatic rings. The minimum Gasteiger partial charge on any atom is -0.297 e. The van der Waals surface area contributed by atoms with E-state index in [4.69, 9.17) is 0 Å². The van der Waals surface area contributed by atoms with Gasteiger partial charge in [-0.05, 0) is 6.08 Å². The van der Waals surface area contributed by atoms with Crippen LogP contribution >= 0.6 is 0 Å². The van der Waals surface area contributed by atoms with Crippen molar-refractivity contribution in [3.63, 3.8) is 0 Å². The highest BCUT2D eigenvalue weighted by molar-refractivity contribution is 5.86. The van der Waals surface area contributed by atoms with Crippen molar-refractivity contribution in [3.05, 3.63) is 12.7 Å². The van der Waals surface area contributed by atoms with Crippen LogP contribution in [0, 0.1) is 0 Å². The zero-order chi connectivity index (χ0) is 8.69. The zero-order valence-corrected chi connectivity index (χ0v) is 6.42. The van der Waals surface area contributed by atoms with Gasteiger partial charge in [-0.15, -0.1) is 0 Å². The lowest BCUT2D eigenvalue weighted by atomic mass is 10.3. The summed E-state index contributed by atoms with van der Waals surface area (Å²) in [5.74, 6) is -0.511. The highest BCUT2D eigenvalue weighted by Crippen LogP contribution is 1.80. The van der Waals surface area contributed by atoms with E-state index in [2.05, 4.69) is 11.4 Å². The summed E-state index contributed by atoms with van der Waals surface area (Å²) in [7, 11) is 0. The molecule has 62 valence electrons. The van der Waals surface area contributed by atoms with Gasteiger partial charge in [0.15, 0.2) is 5.78 Å². The van der Waals surface area contributed by atoms with Gasteiger partial charge in [-0.3, -0.25) is 14.4 Å². The van der Waals surface area contributed by atoms with Crippen molar-refractivity contribution in [2.45, 2.75) is 13.3 Å². The molecule has 0 aromatic heterocycles. The lowest BCUT2D eigenvalue weighted by molar-refractivity contribution is -0.134. The summed E-state index contributed by atoms with van der Waals surface area (Å²) in [6, 6.07) is 0. The van der Waals surface area contributed by atoms with Gasteiger partial charge in [0.05, 0.1) is 0 Å². The van der Waals surface area contributed by atoms with Crippen LogP contribution in [-0.2, 0) is 14.4 Å². The first-order chi connectivity index (χ1) is 5.20. The molecule has 0 fully saturated rings. The van der Waals surface area contributed by atoms with E-state index >= 15 is 0 Å². The Morgan fingerprint density at radius 3 is 2.73 bits per heavy atom. The molecule has 4 nitrogen and oxygen atoms in total. The molecule has 4 heteroatoms. The van der Waals surface area contributed by atoms with Crippen LogP contribution in [0.3, 0.4) is 0 Å². The Morgan fingerprint density at radius 2 is 2.27 bits per heavy atom. The molecule has 0 saturated carbocycles. The topological polar surface area (TPSA) is 55.4 Å². The van der Waals surface area contributed by atoms with E-state index in [1.54, 1.807) is 6.92 Å². The molecule has 0 rings (SSSR count). The van der Waals surface area contributed by atoms with Crippen LogP contribution in [0.25, 0.3) is 0 Å². The van der Waals surface area contributed by atoms with E-state index in [1.807, 2.05) is 5.48 Å². The summed E-state index contributed by atoms with van der Waals surface area (Å²) in [5, 5.41) is 0. The van der Waals surface area contributed by atoms with E-state index in [1.165, 1.54) is 0 Å². The lowest BCUT2D eigenvalue weighted by Crippen LogP contribution is -2.24. The van der Waals surface area contributed by atoms with Crippen LogP contribution in [0.15, 0.2) is 12.7 Å². The summed E-state index contributed by atoms with van der Waals surface area (Å²) in [6.07, 6.45) is 1.47. The van der Waals surface area contributed by atoms with Gasteiger partial charge in [0.25, 0.3) is 5.91 Å².